The first-order chi connectivity index (χ1) is 14.7. The molecule has 3 rings (SSSR count). The van der Waals surface area contributed by atoms with Crippen molar-refractivity contribution in [2.75, 3.05) is 0 Å². The molecule has 1 heterocycles. The van der Waals surface area contributed by atoms with Gasteiger partial charge in [-0.3, -0.25) is 4.79 Å². The molecule has 0 aliphatic rings. The molecule has 0 bridgehead atoms. The van der Waals surface area contributed by atoms with Gasteiger partial charge in [-0.15, -0.1) is 0 Å². The van der Waals surface area contributed by atoms with Gasteiger partial charge < -0.3 is 15.2 Å². The maximum atomic E-state index is 13.1. The van der Waals surface area contributed by atoms with Crippen molar-refractivity contribution in [1.82, 2.24) is 15.1 Å². The van der Waals surface area contributed by atoms with Crippen molar-refractivity contribution >= 4 is 11.9 Å². The molecule has 7 heteroatoms. The highest BCUT2D eigenvalue weighted by Gasteiger charge is 2.24. The first kappa shape index (κ1) is 22.1. The quantitative estimate of drug-likeness (QED) is 0.582. The maximum absolute atomic E-state index is 13.1. The minimum absolute atomic E-state index is 0.246. The largest absolute Gasteiger partial charge is 0.478 e. The molecule has 0 spiro atoms. The zero-order valence-electron chi connectivity index (χ0n) is 18.4. The number of ether oxygens (including phenoxy) is 1. The van der Waals surface area contributed by atoms with Gasteiger partial charge in [-0.25, -0.2) is 9.48 Å². The second kappa shape index (κ2) is 9.04. The van der Waals surface area contributed by atoms with E-state index in [0.717, 1.165) is 17.5 Å². The van der Waals surface area contributed by atoms with Gasteiger partial charge >= 0.3 is 5.97 Å². The third-order valence-corrected chi connectivity index (χ3v) is 5.25. The summed E-state index contributed by atoms with van der Waals surface area (Å²) in [4.78, 5) is 24.4. The highest BCUT2D eigenvalue weighted by atomic mass is 16.5. The molecule has 1 amide bonds. The number of carboxylic acid groups (broad SMARTS) is 1. The van der Waals surface area contributed by atoms with Crippen LogP contribution in [0.15, 0.2) is 42.5 Å². The topological polar surface area (TPSA) is 93.4 Å². The molecule has 0 radical (unpaired) electrons. The van der Waals surface area contributed by atoms with E-state index in [9.17, 15) is 14.7 Å². The normalized spacial score (nSPS) is 11.8. The van der Waals surface area contributed by atoms with Crippen LogP contribution in [0.25, 0.3) is 0 Å². The maximum Gasteiger partial charge on any atom is 0.335 e. The first-order valence-corrected chi connectivity index (χ1v) is 10.2. The number of rotatable bonds is 7. The highest BCUT2D eigenvalue weighted by Crippen LogP contribution is 2.29. The Morgan fingerprint density at radius 3 is 2.58 bits per heavy atom. The van der Waals surface area contributed by atoms with Crippen molar-refractivity contribution in [1.29, 1.82) is 0 Å². The molecule has 31 heavy (non-hydrogen) atoms. The van der Waals surface area contributed by atoms with Crippen molar-refractivity contribution in [3.63, 3.8) is 0 Å². The molecule has 0 saturated heterocycles. The Kier molecular flexibility index (Phi) is 6.44. The van der Waals surface area contributed by atoms with Crippen LogP contribution in [0.3, 0.4) is 0 Å². The van der Waals surface area contributed by atoms with E-state index in [1.54, 1.807) is 43.8 Å². The molecule has 0 aliphatic carbocycles. The summed E-state index contributed by atoms with van der Waals surface area (Å²) in [5.74, 6) is -0.266. The number of aryl methyl sites for hydroxylation is 4. The zero-order chi connectivity index (χ0) is 22.7. The lowest BCUT2D eigenvalue weighted by Crippen LogP contribution is -2.27. The average Bonchev–Trinajstić information content (AvgIpc) is 3.00. The number of carboxylic acids is 1. The van der Waals surface area contributed by atoms with Crippen LogP contribution in [0, 0.1) is 13.8 Å². The lowest BCUT2D eigenvalue weighted by molar-refractivity contribution is 0.0695. The van der Waals surface area contributed by atoms with E-state index >= 15 is 0 Å². The van der Waals surface area contributed by atoms with E-state index in [2.05, 4.69) is 17.3 Å². The van der Waals surface area contributed by atoms with E-state index in [-0.39, 0.29) is 17.5 Å². The van der Waals surface area contributed by atoms with Gasteiger partial charge in [-0.05, 0) is 62.1 Å². The molecule has 2 N–H and O–H groups in total. The van der Waals surface area contributed by atoms with Gasteiger partial charge in [0, 0.05) is 7.05 Å². The number of aromatic nitrogens is 2. The summed E-state index contributed by atoms with van der Waals surface area (Å²) < 4.78 is 7.60. The van der Waals surface area contributed by atoms with Crippen LogP contribution in [-0.4, -0.2) is 26.8 Å². The van der Waals surface area contributed by atoms with Gasteiger partial charge in [-0.1, -0.05) is 31.2 Å². The lowest BCUT2D eigenvalue weighted by Gasteiger charge is -2.16. The number of benzene rings is 2. The van der Waals surface area contributed by atoms with Crippen molar-refractivity contribution < 1.29 is 19.4 Å². The van der Waals surface area contributed by atoms with Gasteiger partial charge in [-0.2, -0.15) is 5.10 Å². The molecule has 1 atom stereocenters. The SMILES string of the molecule is CCc1cccc(Oc2c(C(=O)NC(C)c3ccc(C(=O)O)c(C)c3)c(C)nn2C)c1. The molecule has 0 fully saturated rings. The molecule has 1 aromatic heterocycles. The predicted molar refractivity (Wildman–Crippen MR) is 118 cm³/mol. The van der Waals surface area contributed by atoms with Crippen LogP contribution in [0.5, 0.6) is 11.6 Å². The van der Waals surface area contributed by atoms with Crippen LogP contribution >= 0.6 is 0 Å². The molecule has 1 unspecified atom stereocenters. The van der Waals surface area contributed by atoms with E-state index in [1.165, 1.54) is 0 Å². The third-order valence-electron chi connectivity index (χ3n) is 5.25. The summed E-state index contributed by atoms with van der Waals surface area (Å²) in [5, 5.41) is 16.5. The van der Waals surface area contributed by atoms with Crippen LogP contribution in [0.1, 0.15) is 63.0 Å². The summed E-state index contributed by atoms with van der Waals surface area (Å²) in [7, 11) is 1.74. The molecular formula is C24H27N3O4. The van der Waals surface area contributed by atoms with E-state index < -0.39 is 5.97 Å². The fourth-order valence-corrected chi connectivity index (χ4v) is 3.50. The number of carbonyl (C=O) groups is 2. The van der Waals surface area contributed by atoms with Gasteiger partial charge in [0.2, 0.25) is 5.88 Å². The molecule has 7 nitrogen and oxygen atoms in total. The highest BCUT2D eigenvalue weighted by molar-refractivity contribution is 5.98. The minimum atomic E-state index is -0.972. The van der Waals surface area contributed by atoms with Crippen molar-refractivity contribution in [3.05, 3.63) is 76.0 Å². The smallest absolute Gasteiger partial charge is 0.335 e. The Balaban J connectivity index is 1.85. The Morgan fingerprint density at radius 1 is 1.19 bits per heavy atom. The first-order valence-electron chi connectivity index (χ1n) is 10.2. The van der Waals surface area contributed by atoms with E-state index in [1.807, 2.05) is 31.2 Å². The Hall–Kier alpha value is -3.61. The molecule has 3 aromatic rings. The molecule has 162 valence electrons. The summed E-state index contributed by atoms with van der Waals surface area (Å²) in [6, 6.07) is 12.4. The lowest BCUT2D eigenvalue weighted by atomic mass is 10.0. The summed E-state index contributed by atoms with van der Waals surface area (Å²) >= 11 is 0. The van der Waals surface area contributed by atoms with E-state index in [4.69, 9.17) is 4.74 Å². The molecular weight excluding hydrogens is 394 g/mol. The number of hydrogen-bond donors (Lipinski definition) is 2. The number of aromatic carboxylic acids is 1. The van der Waals surface area contributed by atoms with Crippen molar-refractivity contribution in [3.8, 4) is 11.6 Å². The number of amides is 1. The molecule has 0 aliphatic heterocycles. The Bertz CT molecular complexity index is 1130. The van der Waals surface area contributed by atoms with Gasteiger partial charge in [0.1, 0.15) is 11.3 Å². The average molecular weight is 421 g/mol. The Morgan fingerprint density at radius 2 is 1.94 bits per heavy atom. The monoisotopic (exact) mass is 421 g/mol. The van der Waals surface area contributed by atoms with Gasteiger partial charge in [0.05, 0.1) is 17.3 Å². The fraction of sp³-hybridized carbons (Fsp3) is 0.292. The van der Waals surface area contributed by atoms with Crippen LogP contribution < -0.4 is 10.1 Å². The fourth-order valence-electron chi connectivity index (χ4n) is 3.50. The van der Waals surface area contributed by atoms with E-state index in [0.29, 0.717) is 28.5 Å². The number of hydrogen-bond acceptors (Lipinski definition) is 4. The standard InChI is InChI=1S/C24H27N3O4/c1-6-17-8-7-9-19(13-17)31-23-21(16(4)26-27(23)5)22(28)25-15(3)18-10-11-20(24(29)30)14(2)12-18/h7-13,15H,6H2,1-5H3,(H,25,28)(H,29,30). The second-order valence-electron chi connectivity index (χ2n) is 7.57. The second-order valence-corrected chi connectivity index (χ2v) is 7.57. The Labute approximate surface area is 181 Å². The van der Waals surface area contributed by atoms with Gasteiger partial charge in [0.25, 0.3) is 5.91 Å². The minimum Gasteiger partial charge on any atom is -0.478 e. The zero-order valence-corrected chi connectivity index (χ0v) is 18.4. The number of carbonyl (C=O) groups excluding carboxylic acids is 1. The van der Waals surface area contributed by atoms with Crippen LogP contribution in [0.4, 0.5) is 0 Å². The third kappa shape index (κ3) is 4.77. The molecule has 0 saturated carbocycles. The number of nitrogens with zero attached hydrogens (tertiary/aromatic N) is 2. The van der Waals surface area contributed by atoms with Crippen LogP contribution in [0.2, 0.25) is 0 Å². The molecule has 2 aromatic carbocycles. The summed E-state index contributed by atoms with van der Waals surface area (Å²) in [6.07, 6.45) is 0.882. The summed E-state index contributed by atoms with van der Waals surface area (Å²) in [6.45, 7) is 7.42. The van der Waals surface area contributed by atoms with Crippen molar-refractivity contribution in [2.45, 2.75) is 40.2 Å². The van der Waals surface area contributed by atoms with Crippen LogP contribution in [-0.2, 0) is 13.5 Å². The predicted octanol–water partition coefficient (Wildman–Crippen LogP) is 4.58. The van der Waals surface area contributed by atoms with Gasteiger partial charge in [0.15, 0.2) is 0 Å². The summed E-state index contributed by atoms with van der Waals surface area (Å²) in [5.41, 5.74) is 3.77. The number of nitrogens with one attached hydrogen (secondary N) is 1. The van der Waals surface area contributed by atoms with Crippen molar-refractivity contribution in [2.24, 2.45) is 7.05 Å².